The molecule has 0 aromatic heterocycles. The molecule has 0 fully saturated rings. The van der Waals surface area contributed by atoms with E-state index in [9.17, 15) is 9.18 Å². The van der Waals surface area contributed by atoms with Gasteiger partial charge in [-0.25, -0.2) is 4.39 Å². The van der Waals surface area contributed by atoms with Crippen LogP contribution in [0.15, 0.2) is 18.2 Å². The standard InChI is InChI=1S/C9H10ClFN2O/c1-12-9(14)5-13-8-3-2-6(11)4-7(8)10/h2-4,13H,5H2,1H3,(H,12,14). The lowest BCUT2D eigenvalue weighted by atomic mass is 10.3. The number of benzene rings is 1. The van der Waals surface area contributed by atoms with Gasteiger partial charge in [0.1, 0.15) is 5.82 Å². The van der Waals surface area contributed by atoms with Crippen molar-refractivity contribution in [3.8, 4) is 0 Å². The molecule has 0 radical (unpaired) electrons. The number of hydrogen-bond donors (Lipinski definition) is 2. The van der Waals surface area contributed by atoms with E-state index in [-0.39, 0.29) is 17.5 Å². The topological polar surface area (TPSA) is 41.1 Å². The van der Waals surface area contributed by atoms with E-state index in [0.717, 1.165) is 0 Å². The molecular weight excluding hydrogens is 207 g/mol. The highest BCUT2D eigenvalue weighted by Crippen LogP contribution is 2.21. The molecule has 0 atom stereocenters. The van der Waals surface area contributed by atoms with Gasteiger partial charge >= 0.3 is 0 Å². The molecule has 5 heteroatoms. The first-order chi connectivity index (χ1) is 6.63. The fourth-order valence-corrected chi connectivity index (χ4v) is 1.13. The summed E-state index contributed by atoms with van der Waals surface area (Å²) in [5, 5.41) is 5.49. The quantitative estimate of drug-likeness (QED) is 0.807. The van der Waals surface area contributed by atoms with Crippen molar-refractivity contribution >= 4 is 23.2 Å². The highest BCUT2D eigenvalue weighted by atomic mass is 35.5. The van der Waals surface area contributed by atoms with Gasteiger partial charge in [-0.2, -0.15) is 0 Å². The van der Waals surface area contributed by atoms with Gasteiger partial charge in [0.15, 0.2) is 0 Å². The number of nitrogens with one attached hydrogen (secondary N) is 2. The van der Waals surface area contributed by atoms with Crippen molar-refractivity contribution in [3.05, 3.63) is 29.0 Å². The third-order valence-corrected chi connectivity index (χ3v) is 1.96. The molecule has 1 rings (SSSR count). The van der Waals surface area contributed by atoms with Crippen molar-refractivity contribution < 1.29 is 9.18 Å². The van der Waals surface area contributed by atoms with Crippen molar-refractivity contribution in [3.63, 3.8) is 0 Å². The molecule has 76 valence electrons. The van der Waals surface area contributed by atoms with E-state index in [1.807, 2.05) is 0 Å². The number of carbonyl (C=O) groups is 1. The molecule has 14 heavy (non-hydrogen) atoms. The molecule has 1 aromatic rings. The van der Waals surface area contributed by atoms with Crippen molar-refractivity contribution in [2.75, 3.05) is 18.9 Å². The third kappa shape index (κ3) is 2.88. The first-order valence-corrected chi connectivity index (χ1v) is 4.41. The molecule has 0 aliphatic heterocycles. The molecule has 0 unspecified atom stereocenters. The highest BCUT2D eigenvalue weighted by molar-refractivity contribution is 6.33. The fraction of sp³-hybridized carbons (Fsp3) is 0.222. The van der Waals surface area contributed by atoms with Crippen LogP contribution in [0.3, 0.4) is 0 Å². The van der Waals surface area contributed by atoms with Crippen LogP contribution in [0.2, 0.25) is 5.02 Å². The Morgan fingerprint density at radius 2 is 2.29 bits per heavy atom. The van der Waals surface area contributed by atoms with Crippen LogP contribution in [-0.2, 0) is 4.79 Å². The van der Waals surface area contributed by atoms with Crippen molar-refractivity contribution in [2.24, 2.45) is 0 Å². The van der Waals surface area contributed by atoms with Crippen LogP contribution in [0.5, 0.6) is 0 Å². The molecule has 0 spiro atoms. The lowest BCUT2D eigenvalue weighted by Crippen LogP contribution is -2.26. The summed E-state index contributed by atoms with van der Waals surface area (Å²) in [5.74, 6) is -0.564. The maximum atomic E-state index is 12.6. The molecule has 1 aromatic carbocycles. The molecule has 0 heterocycles. The van der Waals surface area contributed by atoms with Gasteiger partial charge in [0, 0.05) is 7.05 Å². The molecule has 2 N–H and O–H groups in total. The monoisotopic (exact) mass is 216 g/mol. The van der Waals surface area contributed by atoms with Crippen molar-refractivity contribution in [1.29, 1.82) is 0 Å². The number of carbonyl (C=O) groups excluding carboxylic acids is 1. The highest BCUT2D eigenvalue weighted by Gasteiger charge is 2.02. The predicted molar refractivity (Wildman–Crippen MR) is 54.0 cm³/mol. The van der Waals surface area contributed by atoms with Gasteiger partial charge in [0.05, 0.1) is 17.3 Å². The molecule has 0 saturated carbocycles. The second kappa shape index (κ2) is 4.81. The average molecular weight is 217 g/mol. The van der Waals surface area contributed by atoms with Gasteiger partial charge in [-0.3, -0.25) is 4.79 Å². The number of halogens is 2. The lowest BCUT2D eigenvalue weighted by Gasteiger charge is -2.06. The first kappa shape index (κ1) is 10.8. The van der Waals surface area contributed by atoms with Gasteiger partial charge in [0.25, 0.3) is 0 Å². The number of hydrogen-bond acceptors (Lipinski definition) is 2. The summed E-state index contributed by atoms with van der Waals surface area (Å²) in [4.78, 5) is 10.9. The Balaban J connectivity index is 2.63. The predicted octanol–water partition coefficient (Wildman–Crippen LogP) is 1.64. The summed E-state index contributed by atoms with van der Waals surface area (Å²) in [6, 6.07) is 3.95. The van der Waals surface area contributed by atoms with E-state index in [2.05, 4.69) is 10.6 Å². The lowest BCUT2D eigenvalue weighted by molar-refractivity contribution is -0.118. The number of anilines is 1. The Morgan fingerprint density at radius 3 is 2.86 bits per heavy atom. The smallest absolute Gasteiger partial charge is 0.239 e. The Labute approximate surface area is 86.3 Å². The maximum absolute atomic E-state index is 12.6. The van der Waals surface area contributed by atoms with Crippen LogP contribution in [0, 0.1) is 5.82 Å². The van der Waals surface area contributed by atoms with Crippen LogP contribution in [0.1, 0.15) is 0 Å². The minimum Gasteiger partial charge on any atom is -0.375 e. The van der Waals surface area contributed by atoms with Gasteiger partial charge in [0.2, 0.25) is 5.91 Å². The average Bonchev–Trinajstić information content (AvgIpc) is 2.16. The summed E-state index contributed by atoms with van der Waals surface area (Å²) < 4.78 is 12.6. The summed E-state index contributed by atoms with van der Waals surface area (Å²) in [5.41, 5.74) is 0.539. The molecular formula is C9H10ClFN2O. The second-order valence-corrected chi connectivity index (χ2v) is 3.06. The van der Waals surface area contributed by atoms with E-state index < -0.39 is 5.82 Å². The SMILES string of the molecule is CNC(=O)CNc1ccc(F)cc1Cl. The van der Waals surface area contributed by atoms with Crippen LogP contribution in [-0.4, -0.2) is 19.5 Å². The number of rotatable bonds is 3. The van der Waals surface area contributed by atoms with Crippen LogP contribution in [0.25, 0.3) is 0 Å². The minimum absolute atomic E-state index is 0.113. The molecule has 0 aliphatic carbocycles. The summed E-state index contributed by atoms with van der Waals surface area (Å²) in [6.45, 7) is 0.113. The van der Waals surface area contributed by atoms with E-state index in [1.165, 1.54) is 25.2 Å². The zero-order valence-electron chi connectivity index (χ0n) is 7.60. The largest absolute Gasteiger partial charge is 0.375 e. The Bertz CT molecular complexity index is 344. The summed E-state index contributed by atoms with van der Waals surface area (Å²) >= 11 is 5.72. The van der Waals surface area contributed by atoms with E-state index in [1.54, 1.807) is 0 Å². The Morgan fingerprint density at radius 1 is 1.57 bits per heavy atom. The zero-order valence-corrected chi connectivity index (χ0v) is 8.36. The zero-order chi connectivity index (χ0) is 10.6. The van der Waals surface area contributed by atoms with Crippen LogP contribution in [0.4, 0.5) is 10.1 Å². The molecule has 3 nitrogen and oxygen atoms in total. The third-order valence-electron chi connectivity index (χ3n) is 1.65. The van der Waals surface area contributed by atoms with E-state index >= 15 is 0 Å². The second-order valence-electron chi connectivity index (χ2n) is 2.65. The van der Waals surface area contributed by atoms with Crippen molar-refractivity contribution in [1.82, 2.24) is 5.32 Å². The normalized spacial score (nSPS) is 9.64. The van der Waals surface area contributed by atoms with E-state index in [0.29, 0.717) is 5.69 Å². The molecule has 1 amide bonds. The Kier molecular flexibility index (Phi) is 3.71. The fourth-order valence-electron chi connectivity index (χ4n) is 0.897. The number of likely N-dealkylation sites (N-methyl/N-ethyl adjacent to an activating group) is 1. The minimum atomic E-state index is -0.402. The van der Waals surface area contributed by atoms with Crippen molar-refractivity contribution in [2.45, 2.75) is 0 Å². The van der Waals surface area contributed by atoms with Gasteiger partial charge < -0.3 is 10.6 Å². The maximum Gasteiger partial charge on any atom is 0.239 e. The summed E-state index contributed by atoms with van der Waals surface area (Å²) in [7, 11) is 1.54. The molecule has 0 aliphatic rings. The first-order valence-electron chi connectivity index (χ1n) is 4.03. The molecule has 0 bridgehead atoms. The Hall–Kier alpha value is -1.29. The van der Waals surface area contributed by atoms with Crippen LogP contribution >= 0.6 is 11.6 Å². The van der Waals surface area contributed by atoms with Gasteiger partial charge in [-0.1, -0.05) is 11.6 Å². The number of amides is 1. The molecule has 0 saturated heterocycles. The summed E-state index contributed by atoms with van der Waals surface area (Å²) in [6.07, 6.45) is 0. The van der Waals surface area contributed by atoms with Gasteiger partial charge in [-0.05, 0) is 18.2 Å². The van der Waals surface area contributed by atoms with Gasteiger partial charge in [-0.15, -0.1) is 0 Å². The van der Waals surface area contributed by atoms with E-state index in [4.69, 9.17) is 11.6 Å². The van der Waals surface area contributed by atoms with Crippen LogP contribution < -0.4 is 10.6 Å².